The summed E-state index contributed by atoms with van der Waals surface area (Å²) in [6.45, 7) is 3.81. The van der Waals surface area contributed by atoms with Crippen molar-refractivity contribution in [2.75, 3.05) is 18.0 Å². The largest absolute Gasteiger partial charge is 0.351 e. The highest BCUT2D eigenvalue weighted by Crippen LogP contribution is 2.35. The molecule has 1 aromatic rings. The molecule has 1 unspecified atom stereocenters. The molecular formula is C22H31N3O2. The number of nitrogens with zero attached hydrogens (tertiary/aromatic N) is 2. The molecule has 1 N–H and O–H groups in total. The van der Waals surface area contributed by atoms with Crippen molar-refractivity contribution >= 4 is 17.5 Å². The van der Waals surface area contributed by atoms with Gasteiger partial charge in [-0.15, -0.1) is 0 Å². The van der Waals surface area contributed by atoms with Crippen molar-refractivity contribution in [1.29, 1.82) is 0 Å². The normalized spacial score (nSPS) is 23.4. The fourth-order valence-electron chi connectivity index (χ4n) is 4.96. The predicted octanol–water partition coefficient (Wildman–Crippen LogP) is 3.93. The van der Waals surface area contributed by atoms with Crippen LogP contribution in [0.2, 0.25) is 0 Å². The Morgan fingerprint density at radius 2 is 1.81 bits per heavy atom. The van der Waals surface area contributed by atoms with E-state index in [9.17, 15) is 9.59 Å². The Hall–Kier alpha value is -2.04. The monoisotopic (exact) mass is 369 g/mol. The highest BCUT2D eigenvalue weighted by molar-refractivity contribution is 6.04. The Bertz CT molecular complexity index is 710. The molecule has 0 bridgehead atoms. The Balaban J connectivity index is 1.58. The van der Waals surface area contributed by atoms with Crippen molar-refractivity contribution in [3.63, 3.8) is 0 Å². The Morgan fingerprint density at radius 3 is 2.56 bits per heavy atom. The van der Waals surface area contributed by atoms with Gasteiger partial charge in [0.15, 0.2) is 0 Å². The number of carbonyl (C=O) groups excluding carboxylic acids is 2. The van der Waals surface area contributed by atoms with Gasteiger partial charge in [0.05, 0.1) is 11.3 Å². The molecule has 4 rings (SSSR count). The van der Waals surface area contributed by atoms with E-state index >= 15 is 0 Å². The van der Waals surface area contributed by atoms with E-state index in [1.165, 1.54) is 25.7 Å². The lowest BCUT2D eigenvalue weighted by Gasteiger charge is -2.47. The number of rotatable bonds is 3. The summed E-state index contributed by atoms with van der Waals surface area (Å²) in [5.74, 6) is 0.120. The molecule has 1 aliphatic carbocycles. The number of anilines is 1. The van der Waals surface area contributed by atoms with Crippen molar-refractivity contribution in [1.82, 2.24) is 10.2 Å². The second-order valence-corrected chi connectivity index (χ2v) is 8.15. The minimum Gasteiger partial charge on any atom is -0.351 e. The number of piperidine rings is 1. The quantitative estimate of drug-likeness (QED) is 0.822. The molecule has 1 aromatic carbocycles. The van der Waals surface area contributed by atoms with Gasteiger partial charge in [0, 0.05) is 24.7 Å². The first-order valence-corrected chi connectivity index (χ1v) is 10.7. The van der Waals surface area contributed by atoms with Gasteiger partial charge in [-0.3, -0.25) is 9.59 Å². The van der Waals surface area contributed by atoms with Crippen molar-refractivity contribution in [2.24, 2.45) is 0 Å². The average Bonchev–Trinajstić information content (AvgIpc) is 2.97. The van der Waals surface area contributed by atoms with Crippen molar-refractivity contribution in [3.8, 4) is 0 Å². The topological polar surface area (TPSA) is 52.7 Å². The third-order valence-electron chi connectivity index (χ3n) is 6.42. The van der Waals surface area contributed by atoms with Crippen molar-refractivity contribution < 1.29 is 9.59 Å². The van der Waals surface area contributed by atoms with Gasteiger partial charge < -0.3 is 15.1 Å². The highest BCUT2D eigenvalue weighted by Gasteiger charge is 2.38. The molecule has 1 saturated heterocycles. The van der Waals surface area contributed by atoms with Crippen LogP contribution in [0.5, 0.6) is 0 Å². The average molecular weight is 370 g/mol. The number of carbonyl (C=O) groups is 2. The van der Waals surface area contributed by atoms with Gasteiger partial charge in [-0.05, 0) is 57.2 Å². The summed E-state index contributed by atoms with van der Waals surface area (Å²) < 4.78 is 0. The number of benzene rings is 1. The van der Waals surface area contributed by atoms with E-state index in [1.807, 2.05) is 23.1 Å². The predicted molar refractivity (Wildman–Crippen MR) is 107 cm³/mol. The third-order valence-corrected chi connectivity index (χ3v) is 6.42. The first-order valence-electron chi connectivity index (χ1n) is 10.7. The minimum absolute atomic E-state index is 0.000671. The lowest BCUT2D eigenvalue weighted by atomic mass is 9.97. The van der Waals surface area contributed by atoms with E-state index < -0.39 is 0 Å². The zero-order chi connectivity index (χ0) is 18.8. The van der Waals surface area contributed by atoms with Crippen LogP contribution in [-0.2, 0) is 0 Å². The van der Waals surface area contributed by atoms with Gasteiger partial charge in [-0.25, -0.2) is 0 Å². The summed E-state index contributed by atoms with van der Waals surface area (Å²) in [6.07, 6.45) is 10.5. The van der Waals surface area contributed by atoms with Crippen LogP contribution in [0, 0.1) is 0 Å². The van der Waals surface area contributed by atoms with E-state index in [0.29, 0.717) is 5.56 Å². The minimum atomic E-state index is -0.000671. The van der Waals surface area contributed by atoms with E-state index in [-0.39, 0.29) is 24.0 Å². The molecule has 27 heavy (non-hydrogen) atoms. The van der Waals surface area contributed by atoms with E-state index in [1.54, 1.807) is 0 Å². The number of amides is 2. The fourth-order valence-corrected chi connectivity index (χ4v) is 4.96. The van der Waals surface area contributed by atoms with E-state index in [2.05, 4.69) is 17.1 Å². The van der Waals surface area contributed by atoms with Crippen molar-refractivity contribution in [3.05, 3.63) is 29.3 Å². The Morgan fingerprint density at radius 1 is 1.07 bits per heavy atom. The van der Waals surface area contributed by atoms with Gasteiger partial charge in [0.25, 0.3) is 11.8 Å². The molecule has 1 saturated carbocycles. The number of hydrogen-bond donors (Lipinski definition) is 1. The first kappa shape index (κ1) is 18.3. The molecule has 2 heterocycles. The molecule has 2 aliphatic heterocycles. The van der Waals surface area contributed by atoms with Gasteiger partial charge in [0.2, 0.25) is 0 Å². The fraction of sp³-hybridized carbons (Fsp3) is 0.636. The van der Waals surface area contributed by atoms with Crippen LogP contribution in [0.1, 0.15) is 85.4 Å². The second kappa shape index (κ2) is 7.91. The van der Waals surface area contributed by atoms with E-state index in [4.69, 9.17) is 0 Å². The molecule has 1 atom stereocenters. The van der Waals surface area contributed by atoms with Gasteiger partial charge in [-0.2, -0.15) is 0 Å². The molecule has 2 amide bonds. The number of nitrogens with one attached hydrogen (secondary N) is 1. The molecule has 0 spiro atoms. The Labute approximate surface area is 162 Å². The summed E-state index contributed by atoms with van der Waals surface area (Å²) in [6, 6.07) is 5.90. The maximum Gasteiger partial charge on any atom is 0.257 e. The molecule has 5 nitrogen and oxygen atoms in total. The standard InChI is InChI=1S/C22H31N3O2/c1-2-24-19-15-16(21(26)23-17-9-5-3-4-6-10-17)12-13-18(19)22(27)25-14-8-7-11-20(24)25/h12-13,15,17,20H,2-11,14H2,1H3,(H,23,26). The van der Waals surface area contributed by atoms with Gasteiger partial charge in [0.1, 0.15) is 6.17 Å². The lowest BCUT2D eigenvalue weighted by molar-refractivity contribution is 0.0582. The lowest BCUT2D eigenvalue weighted by Crippen LogP contribution is -2.57. The SMILES string of the molecule is CCN1c2cc(C(=O)NC3CCCCCC3)ccc2C(=O)N2CCCCC21. The molecule has 3 aliphatic rings. The smallest absolute Gasteiger partial charge is 0.257 e. The molecule has 146 valence electrons. The summed E-state index contributed by atoms with van der Waals surface area (Å²) >= 11 is 0. The zero-order valence-electron chi connectivity index (χ0n) is 16.4. The summed E-state index contributed by atoms with van der Waals surface area (Å²) in [4.78, 5) is 30.1. The maximum absolute atomic E-state index is 12.9. The van der Waals surface area contributed by atoms with Crippen LogP contribution in [0.3, 0.4) is 0 Å². The number of hydrogen-bond acceptors (Lipinski definition) is 3. The Kier molecular flexibility index (Phi) is 5.37. The zero-order valence-corrected chi connectivity index (χ0v) is 16.4. The van der Waals surface area contributed by atoms with Gasteiger partial charge >= 0.3 is 0 Å². The van der Waals surface area contributed by atoms with E-state index in [0.717, 1.165) is 56.4 Å². The van der Waals surface area contributed by atoms with Crippen LogP contribution in [0.25, 0.3) is 0 Å². The second-order valence-electron chi connectivity index (χ2n) is 8.15. The molecular weight excluding hydrogens is 338 g/mol. The van der Waals surface area contributed by atoms with Gasteiger partial charge in [-0.1, -0.05) is 25.7 Å². The third kappa shape index (κ3) is 3.56. The summed E-state index contributed by atoms with van der Waals surface area (Å²) in [5, 5.41) is 3.23. The van der Waals surface area contributed by atoms with Crippen LogP contribution in [-0.4, -0.2) is 42.0 Å². The summed E-state index contributed by atoms with van der Waals surface area (Å²) in [5.41, 5.74) is 2.34. The van der Waals surface area contributed by atoms with Crippen LogP contribution in [0.4, 0.5) is 5.69 Å². The molecule has 0 radical (unpaired) electrons. The maximum atomic E-state index is 12.9. The van der Waals surface area contributed by atoms with Crippen LogP contribution in [0.15, 0.2) is 18.2 Å². The molecule has 2 fully saturated rings. The van der Waals surface area contributed by atoms with Crippen molar-refractivity contribution in [2.45, 2.75) is 76.9 Å². The first-order chi connectivity index (χ1) is 13.2. The van der Waals surface area contributed by atoms with Crippen LogP contribution < -0.4 is 10.2 Å². The summed E-state index contributed by atoms with van der Waals surface area (Å²) in [7, 11) is 0. The molecule has 5 heteroatoms. The molecule has 0 aromatic heterocycles. The van der Waals surface area contributed by atoms with Crippen LogP contribution >= 0.6 is 0 Å². The number of fused-ring (bicyclic) bond motifs is 2. The highest BCUT2D eigenvalue weighted by atomic mass is 16.2.